The molecule has 0 heterocycles. The molecule has 3 rings (SSSR count). The molecule has 0 spiro atoms. The highest BCUT2D eigenvalue weighted by Crippen LogP contribution is 2.34. The largest absolute Gasteiger partial charge is 0.573 e. The van der Waals surface area contributed by atoms with Gasteiger partial charge in [-0.3, -0.25) is 0 Å². The van der Waals surface area contributed by atoms with E-state index in [1.54, 1.807) is 12.1 Å². The standard InChI is InChI=1S/C22H21F5O/c1-2-3-4-5-14-6-9-18(19(23)10-14)16-8-7-15-13-21(28-22(25,26)27)20(24)12-17(15)11-16/h6,8-10,12-13H,2-5,7,11H2,1H3. The summed E-state index contributed by atoms with van der Waals surface area (Å²) in [7, 11) is 0. The van der Waals surface area contributed by atoms with Gasteiger partial charge in [0.2, 0.25) is 0 Å². The highest BCUT2D eigenvalue weighted by molar-refractivity contribution is 5.71. The van der Waals surface area contributed by atoms with Crippen LogP contribution < -0.4 is 4.74 Å². The highest BCUT2D eigenvalue weighted by Gasteiger charge is 2.33. The maximum absolute atomic E-state index is 14.6. The summed E-state index contributed by atoms with van der Waals surface area (Å²) in [6.07, 6.45) is 1.38. The van der Waals surface area contributed by atoms with Crippen molar-refractivity contribution in [2.45, 2.75) is 51.8 Å². The molecule has 0 radical (unpaired) electrons. The van der Waals surface area contributed by atoms with Gasteiger partial charge in [-0.1, -0.05) is 38.0 Å². The Bertz CT molecular complexity index is 883. The van der Waals surface area contributed by atoms with Gasteiger partial charge >= 0.3 is 6.36 Å². The minimum atomic E-state index is -4.95. The summed E-state index contributed by atoms with van der Waals surface area (Å²) in [6.45, 7) is 2.11. The number of unbranched alkanes of at least 4 members (excludes halogenated alkanes) is 2. The fraction of sp³-hybridized carbons (Fsp3) is 0.364. The van der Waals surface area contributed by atoms with Crippen LogP contribution in [0.1, 0.15) is 48.4 Å². The fourth-order valence-corrected chi connectivity index (χ4v) is 3.46. The van der Waals surface area contributed by atoms with Crippen LogP contribution in [0.25, 0.3) is 5.57 Å². The molecule has 1 nitrogen and oxygen atoms in total. The summed E-state index contributed by atoms with van der Waals surface area (Å²) in [5, 5.41) is 0. The van der Waals surface area contributed by atoms with E-state index in [1.165, 1.54) is 6.07 Å². The number of ether oxygens (including phenoxy) is 1. The average Bonchev–Trinajstić information content (AvgIpc) is 2.61. The van der Waals surface area contributed by atoms with Gasteiger partial charge in [-0.25, -0.2) is 8.78 Å². The van der Waals surface area contributed by atoms with Crippen LogP contribution in [-0.4, -0.2) is 6.36 Å². The summed E-state index contributed by atoms with van der Waals surface area (Å²) in [4.78, 5) is 0. The van der Waals surface area contributed by atoms with Crippen LogP contribution in [0.5, 0.6) is 5.75 Å². The van der Waals surface area contributed by atoms with Gasteiger partial charge in [0, 0.05) is 5.56 Å². The van der Waals surface area contributed by atoms with Gasteiger partial charge < -0.3 is 4.74 Å². The molecule has 2 aromatic carbocycles. The van der Waals surface area contributed by atoms with Crippen molar-refractivity contribution >= 4 is 5.57 Å². The lowest BCUT2D eigenvalue weighted by Gasteiger charge is -2.20. The van der Waals surface area contributed by atoms with Gasteiger partial charge in [0.25, 0.3) is 0 Å². The quantitative estimate of drug-likeness (QED) is 0.386. The molecule has 0 atom stereocenters. The van der Waals surface area contributed by atoms with Crippen LogP contribution >= 0.6 is 0 Å². The Hall–Kier alpha value is -2.37. The first-order valence-corrected chi connectivity index (χ1v) is 9.31. The minimum Gasteiger partial charge on any atom is -0.403 e. The molecule has 0 N–H and O–H groups in total. The smallest absolute Gasteiger partial charge is 0.403 e. The van der Waals surface area contributed by atoms with Crippen LogP contribution in [0, 0.1) is 11.6 Å². The van der Waals surface area contributed by atoms with E-state index in [0.717, 1.165) is 43.4 Å². The molecule has 0 fully saturated rings. The van der Waals surface area contributed by atoms with E-state index in [0.29, 0.717) is 22.3 Å². The normalized spacial score (nSPS) is 13.9. The van der Waals surface area contributed by atoms with Crippen molar-refractivity contribution in [1.29, 1.82) is 0 Å². The third kappa shape index (κ3) is 4.91. The first-order chi connectivity index (χ1) is 13.3. The zero-order valence-corrected chi connectivity index (χ0v) is 15.5. The molecule has 1 aliphatic carbocycles. The molecule has 28 heavy (non-hydrogen) atoms. The monoisotopic (exact) mass is 396 g/mol. The number of aryl methyl sites for hydroxylation is 1. The SMILES string of the molecule is CCCCCc1ccc(C2=CCc3cc(OC(F)(F)F)c(F)cc3C2)c(F)c1. The van der Waals surface area contributed by atoms with Crippen LogP contribution in [0.3, 0.4) is 0 Å². The van der Waals surface area contributed by atoms with Gasteiger partial charge in [0.15, 0.2) is 11.6 Å². The Morgan fingerprint density at radius 1 is 0.964 bits per heavy atom. The van der Waals surface area contributed by atoms with E-state index < -0.39 is 17.9 Å². The zero-order chi connectivity index (χ0) is 20.3. The van der Waals surface area contributed by atoms with Crippen molar-refractivity contribution in [3.63, 3.8) is 0 Å². The molecule has 0 saturated heterocycles. The van der Waals surface area contributed by atoms with E-state index >= 15 is 0 Å². The summed E-state index contributed by atoms with van der Waals surface area (Å²) < 4.78 is 69.4. The van der Waals surface area contributed by atoms with Crippen molar-refractivity contribution < 1.29 is 26.7 Å². The topological polar surface area (TPSA) is 9.23 Å². The van der Waals surface area contributed by atoms with Crippen molar-refractivity contribution in [2.24, 2.45) is 0 Å². The predicted octanol–water partition coefficient (Wildman–Crippen LogP) is 6.78. The van der Waals surface area contributed by atoms with Crippen molar-refractivity contribution in [3.8, 4) is 5.75 Å². The third-order valence-corrected chi connectivity index (χ3v) is 4.88. The van der Waals surface area contributed by atoms with Crippen LogP contribution in [-0.2, 0) is 19.3 Å². The van der Waals surface area contributed by atoms with E-state index in [1.807, 2.05) is 6.07 Å². The van der Waals surface area contributed by atoms with E-state index in [4.69, 9.17) is 0 Å². The number of fused-ring (bicyclic) bond motifs is 1. The lowest BCUT2D eigenvalue weighted by Crippen LogP contribution is -2.18. The minimum absolute atomic E-state index is 0.255. The summed E-state index contributed by atoms with van der Waals surface area (Å²) >= 11 is 0. The molecule has 0 aromatic heterocycles. The predicted molar refractivity (Wildman–Crippen MR) is 98.1 cm³/mol. The molecule has 2 aromatic rings. The number of allylic oxidation sites excluding steroid dienone is 2. The van der Waals surface area contributed by atoms with E-state index in [2.05, 4.69) is 11.7 Å². The van der Waals surface area contributed by atoms with Gasteiger partial charge in [-0.05, 0) is 66.1 Å². The Kier molecular flexibility index (Phi) is 6.06. The summed E-state index contributed by atoms with van der Waals surface area (Å²) in [6, 6.07) is 7.26. The number of hydrogen-bond donors (Lipinski definition) is 0. The van der Waals surface area contributed by atoms with Crippen molar-refractivity contribution in [1.82, 2.24) is 0 Å². The molecule has 0 aliphatic heterocycles. The number of alkyl halides is 3. The lowest BCUT2D eigenvalue weighted by molar-refractivity contribution is -0.275. The maximum Gasteiger partial charge on any atom is 0.573 e. The van der Waals surface area contributed by atoms with Crippen LogP contribution in [0.15, 0.2) is 36.4 Å². The van der Waals surface area contributed by atoms with Gasteiger partial charge in [-0.15, -0.1) is 13.2 Å². The number of halogens is 5. The number of benzene rings is 2. The molecule has 1 aliphatic rings. The highest BCUT2D eigenvalue weighted by atomic mass is 19.4. The molecule has 0 bridgehead atoms. The third-order valence-electron chi connectivity index (χ3n) is 4.88. The van der Waals surface area contributed by atoms with Gasteiger partial charge in [0.05, 0.1) is 0 Å². The Morgan fingerprint density at radius 3 is 2.43 bits per heavy atom. The zero-order valence-electron chi connectivity index (χ0n) is 15.5. The van der Waals surface area contributed by atoms with E-state index in [-0.39, 0.29) is 18.7 Å². The Balaban J connectivity index is 1.79. The van der Waals surface area contributed by atoms with Crippen LogP contribution in [0.4, 0.5) is 22.0 Å². The second-order valence-electron chi connectivity index (χ2n) is 6.98. The van der Waals surface area contributed by atoms with Crippen molar-refractivity contribution in [3.05, 3.63) is 70.3 Å². The lowest BCUT2D eigenvalue weighted by atomic mass is 9.87. The van der Waals surface area contributed by atoms with Crippen molar-refractivity contribution in [2.75, 3.05) is 0 Å². The first kappa shape index (κ1) is 20.4. The Labute approximate surface area is 160 Å². The summed E-state index contributed by atoms with van der Waals surface area (Å²) in [5.74, 6) is -2.25. The fourth-order valence-electron chi connectivity index (χ4n) is 3.46. The molecule has 150 valence electrons. The summed E-state index contributed by atoms with van der Waals surface area (Å²) in [5.41, 5.74) is 3.17. The molecule has 0 unspecified atom stereocenters. The molecular formula is C22H21F5O. The number of hydrogen-bond acceptors (Lipinski definition) is 1. The second kappa shape index (κ2) is 8.33. The molecular weight excluding hydrogens is 375 g/mol. The average molecular weight is 396 g/mol. The van der Waals surface area contributed by atoms with E-state index in [9.17, 15) is 22.0 Å². The Morgan fingerprint density at radius 2 is 1.75 bits per heavy atom. The molecule has 6 heteroatoms. The van der Waals surface area contributed by atoms with Crippen LogP contribution in [0.2, 0.25) is 0 Å². The molecule has 0 amide bonds. The second-order valence-corrected chi connectivity index (χ2v) is 6.98. The number of rotatable bonds is 6. The molecule has 0 saturated carbocycles. The maximum atomic E-state index is 14.6. The first-order valence-electron chi connectivity index (χ1n) is 9.31. The van der Waals surface area contributed by atoms with Gasteiger partial charge in [0.1, 0.15) is 5.82 Å². The van der Waals surface area contributed by atoms with Gasteiger partial charge in [-0.2, -0.15) is 0 Å².